The molecule has 0 amide bonds. The van der Waals surface area contributed by atoms with Gasteiger partial charge in [-0.1, -0.05) is 6.92 Å². The molecule has 7 heteroatoms. The SMILES string of the molecule is CC1CC(C(=O)O)CN(c2ccc([N+](=O)[O-])c3cnccc23)C1. The third-order valence-corrected chi connectivity index (χ3v) is 4.32. The number of carboxylic acids is 1. The lowest BCUT2D eigenvalue weighted by Gasteiger charge is -2.36. The Morgan fingerprint density at radius 1 is 1.35 bits per heavy atom. The number of pyridine rings is 1. The van der Waals surface area contributed by atoms with Gasteiger partial charge in [0.1, 0.15) is 0 Å². The number of hydrogen-bond acceptors (Lipinski definition) is 5. The first-order chi connectivity index (χ1) is 11.0. The van der Waals surface area contributed by atoms with E-state index in [-0.39, 0.29) is 11.6 Å². The minimum Gasteiger partial charge on any atom is -0.481 e. The number of aliphatic carboxylic acids is 1. The Morgan fingerprint density at radius 2 is 2.13 bits per heavy atom. The highest BCUT2D eigenvalue weighted by Crippen LogP contribution is 2.35. The number of carbonyl (C=O) groups is 1. The zero-order chi connectivity index (χ0) is 16.6. The Kier molecular flexibility index (Phi) is 3.85. The van der Waals surface area contributed by atoms with E-state index in [9.17, 15) is 20.0 Å². The molecule has 0 aliphatic carbocycles. The highest BCUT2D eigenvalue weighted by Gasteiger charge is 2.30. The van der Waals surface area contributed by atoms with Gasteiger partial charge in [0.25, 0.3) is 5.69 Å². The normalized spacial score (nSPS) is 21.3. The van der Waals surface area contributed by atoms with Gasteiger partial charge in [-0.2, -0.15) is 0 Å². The van der Waals surface area contributed by atoms with Gasteiger partial charge in [0.15, 0.2) is 0 Å². The highest BCUT2D eigenvalue weighted by molar-refractivity contribution is 5.99. The Labute approximate surface area is 132 Å². The quantitative estimate of drug-likeness (QED) is 0.691. The van der Waals surface area contributed by atoms with E-state index in [0.717, 1.165) is 17.6 Å². The van der Waals surface area contributed by atoms with Crippen molar-refractivity contribution in [2.24, 2.45) is 11.8 Å². The molecule has 1 aliphatic rings. The lowest BCUT2D eigenvalue weighted by atomic mass is 9.90. The van der Waals surface area contributed by atoms with Crippen LogP contribution in [0.5, 0.6) is 0 Å². The van der Waals surface area contributed by atoms with E-state index < -0.39 is 16.8 Å². The lowest BCUT2D eigenvalue weighted by Crippen LogP contribution is -2.42. The number of rotatable bonds is 3. The Hall–Kier alpha value is -2.70. The molecule has 1 saturated heterocycles. The van der Waals surface area contributed by atoms with Crippen molar-refractivity contribution in [3.05, 3.63) is 40.7 Å². The Bertz CT molecular complexity index is 777. The minimum absolute atomic E-state index is 0.0108. The number of nitrogens with zero attached hydrogens (tertiary/aromatic N) is 3. The van der Waals surface area contributed by atoms with Crippen LogP contribution in [-0.4, -0.2) is 34.1 Å². The van der Waals surface area contributed by atoms with Crippen molar-refractivity contribution in [3.8, 4) is 0 Å². The van der Waals surface area contributed by atoms with Gasteiger partial charge in [-0.25, -0.2) is 0 Å². The van der Waals surface area contributed by atoms with Gasteiger partial charge in [-0.3, -0.25) is 19.9 Å². The van der Waals surface area contributed by atoms with Gasteiger partial charge in [-0.15, -0.1) is 0 Å². The summed E-state index contributed by atoms with van der Waals surface area (Å²) in [7, 11) is 0. The first-order valence-electron chi connectivity index (χ1n) is 7.46. The second-order valence-electron chi connectivity index (χ2n) is 6.06. The van der Waals surface area contributed by atoms with Crippen LogP contribution in [0.15, 0.2) is 30.6 Å². The summed E-state index contributed by atoms with van der Waals surface area (Å²) in [6, 6.07) is 4.92. The molecule has 7 nitrogen and oxygen atoms in total. The number of non-ortho nitro benzene ring substituents is 1. The summed E-state index contributed by atoms with van der Waals surface area (Å²) in [6.07, 6.45) is 3.73. The third kappa shape index (κ3) is 2.81. The molecule has 2 heterocycles. The molecule has 0 spiro atoms. The number of nitro benzene ring substituents is 1. The molecule has 0 saturated carbocycles. The number of nitro groups is 1. The summed E-state index contributed by atoms with van der Waals surface area (Å²) in [5, 5.41) is 21.7. The summed E-state index contributed by atoms with van der Waals surface area (Å²) in [5.74, 6) is -0.975. The molecular weight excluding hydrogens is 298 g/mol. The standard InChI is InChI=1S/C16H17N3O4/c1-10-6-11(16(20)21)9-18(8-10)14-2-3-15(19(22)23)13-7-17-5-4-12(13)14/h2-5,7,10-11H,6,8-9H2,1H3,(H,20,21). The maximum absolute atomic E-state index is 11.4. The third-order valence-electron chi connectivity index (χ3n) is 4.32. The van der Waals surface area contributed by atoms with Gasteiger partial charge >= 0.3 is 5.97 Å². The van der Waals surface area contributed by atoms with E-state index in [0.29, 0.717) is 18.4 Å². The summed E-state index contributed by atoms with van der Waals surface area (Å²) < 4.78 is 0. The number of aromatic nitrogens is 1. The molecule has 3 rings (SSSR count). The van der Waals surface area contributed by atoms with Crippen LogP contribution in [0, 0.1) is 22.0 Å². The second-order valence-corrected chi connectivity index (χ2v) is 6.06. The van der Waals surface area contributed by atoms with Crippen LogP contribution in [0.3, 0.4) is 0 Å². The number of hydrogen-bond donors (Lipinski definition) is 1. The monoisotopic (exact) mass is 315 g/mol. The van der Waals surface area contributed by atoms with Crippen molar-refractivity contribution in [2.45, 2.75) is 13.3 Å². The molecular formula is C16H17N3O4. The molecule has 2 unspecified atom stereocenters. The van der Waals surface area contributed by atoms with E-state index in [4.69, 9.17) is 0 Å². The number of piperidine rings is 1. The fourth-order valence-electron chi connectivity index (χ4n) is 3.32. The Morgan fingerprint density at radius 3 is 2.83 bits per heavy atom. The van der Waals surface area contributed by atoms with Gasteiger partial charge < -0.3 is 10.0 Å². The molecule has 0 radical (unpaired) electrons. The molecule has 1 aromatic heterocycles. The van der Waals surface area contributed by atoms with Gasteiger partial charge in [0.05, 0.1) is 16.2 Å². The highest BCUT2D eigenvalue weighted by atomic mass is 16.6. The molecule has 1 aliphatic heterocycles. The van der Waals surface area contributed by atoms with Crippen LogP contribution in [-0.2, 0) is 4.79 Å². The molecule has 1 N–H and O–H groups in total. The average Bonchev–Trinajstić information content (AvgIpc) is 2.53. The number of benzene rings is 1. The van der Waals surface area contributed by atoms with Crippen LogP contribution >= 0.6 is 0 Å². The molecule has 120 valence electrons. The van der Waals surface area contributed by atoms with E-state index in [1.807, 2.05) is 11.8 Å². The average molecular weight is 315 g/mol. The van der Waals surface area contributed by atoms with Gasteiger partial charge in [0.2, 0.25) is 0 Å². The maximum atomic E-state index is 11.4. The minimum atomic E-state index is -0.797. The van der Waals surface area contributed by atoms with Crippen molar-refractivity contribution >= 4 is 28.1 Å². The fraction of sp³-hybridized carbons (Fsp3) is 0.375. The van der Waals surface area contributed by atoms with Gasteiger partial charge in [-0.05, 0) is 24.5 Å². The van der Waals surface area contributed by atoms with Gasteiger partial charge in [0, 0.05) is 42.6 Å². The van der Waals surface area contributed by atoms with E-state index in [2.05, 4.69) is 4.98 Å². The topological polar surface area (TPSA) is 96.6 Å². The molecule has 1 aromatic carbocycles. The summed E-state index contributed by atoms with van der Waals surface area (Å²) >= 11 is 0. The summed E-state index contributed by atoms with van der Waals surface area (Å²) in [6.45, 7) is 3.17. The largest absolute Gasteiger partial charge is 0.481 e. The smallest absolute Gasteiger partial charge is 0.308 e. The first kappa shape index (κ1) is 15.2. The number of fused-ring (bicyclic) bond motifs is 1. The lowest BCUT2D eigenvalue weighted by molar-refractivity contribution is -0.383. The van der Waals surface area contributed by atoms with Crippen molar-refractivity contribution in [1.29, 1.82) is 0 Å². The van der Waals surface area contributed by atoms with Crippen LogP contribution in [0.25, 0.3) is 10.8 Å². The van der Waals surface area contributed by atoms with Crippen LogP contribution in [0.4, 0.5) is 11.4 Å². The fourth-order valence-corrected chi connectivity index (χ4v) is 3.32. The second kappa shape index (κ2) is 5.83. The zero-order valence-electron chi connectivity index (χ0n) is 12.7. The maximum Gasteiger partial charge on any atom is 0.308 e. The summed E-state index contributed by atoms with van der Waals surface area (Å²) in [5.41, 5.74) is 0.836. The van der Waals surface area contributed by atoms with E-state index in [1.54, 1.807) is 18.3 Å². The van der Waals surface area contributed by atoms with E-state index in [1.165, 1.54) is 12.3 Å². The van der Waals surface area contributed by atoms with Crippen LogP contribution < -0.4 is 4.90 Å². The van der Waals surface area contributed by atoms with Crippen LogP contribution in [0.1, 0.15) is 13.3 Å². The summed E-state index contributed by atoms with van der Waals surface area (Å²) in [4.78, 5) is 28.1. The predicted octanol–water partition coefficient (Wildman–Crippen LogP) is 2.69. The molecule has 2 atom stereocenters. The number of carboxylic acid groups (broad SMARTS) is 1. The molecule has 2 aromatic rings. The van der Waals surface area contributed by atoms with Crippen molar-refractivity contribution in [1.82, 2.24) is 4.98 Å². The van der Waals surface area contributed by atoms with Crippen molar-refractivity contribution in [2.75, 3.05) is 18.0 Å². The van der Waals surface area contributed by atoms with E-state index >= 15 is 0 Å². The molecule has 0 bridgehead atoms. The zero-order valence-corrected chi connectivity index (χ0v) is 12.7. The Balaban J connectivity index is 2.08. The predicted molar refractivity (Wildman–Crippen MR) is 85.5 cm³/mol. The number of anilines is 1. The molecule has 23 heavy (non-hydrogen) atoms. The first-order valence-corrected chi connectivity index (χ1v) is 7.46. The van der Waals surface area contributed by atoms with Crippen LogP contribution in [0.2, 0.25) is 0 Å². The molecule has 1 fully saturated rings. The van der Waals surface area contributed by atoms with Crippen molar-refractivity contribution in [3.63, 3.8) is 0 Å². The van der Waals surface area contributed by atoms with Crippen molar-refractivity contribution < 1.29 is 14.8 Å².